The third-order valence-electron chi connectivity index (χ3n) is 5.14. The van der Waals surface area contributed by atoms with Gasteiger partial charge in [-0.15, -0.1) is 0 Å². The van der Waals surface area contributed by atoms with E-state index in [2.05, 4.69) is 10.1 Å². The van der Waals surface area contributed by atoms with Crippen molar-refractivity contribution in [1.82, 2.24) is 10.1 Å². The summed E-state index contributed by atoms with van der Waals surface area (Å²) in [6.45, 7) is 1.46. The predicted octanol–water partition coefficient (Wildman–Crippen LogP) is 2.55. The maximum Gasteiger partial charge on any atom is 0.334 e. The molecule has 1 atom stereocenters. The van der Waals surface area contributed by atoms with Gasteiger partial charge in [0.05, 0.1) is 12.3 Å². The van der Waals surface area contributed by atoms with Crippen molar-refractivity contribution in [2.75, 3.05) is 13.2 Å². The highest BCUT2D eigenvalue weighted by molar-refractivity contribution is 5.72. The third-order valence-corrected chi connectivity index (χ3v) is 5.14. The maximum absolute atomic E-state index is 11.3. The van der Waals surface area contributed by atoms with E-state index in [1.807, 2.05) is 36.4 Å². The lowest BCUT2D eigenvalue weighted by molar-refractivity contribution is -0.178. The lowest BCUT2D eigenvalue weighted by Gasteiger charge is -2.53. The molecule has 1 unspecified atom stereocenters. The smallest absolute Gasteiger partial charge is 0.334 e. The van der Waals surface area contributed by atoms with Crippen molar-refractivity contribution in [2.24, 2.45) is 0 Å². The number of hydrogen-bond donors (Lipinski definition) is 1. The SMILES string of the molecule is O=C(O)C1CN(Cc2cc(-c3ccccc3)on2)C2(CCC2)CO1. The highest BCUT2D eigenvalue weighted by atomic mass is 16.5. The van der Waals surface area contributed by atoms with E-state index in [1.165, 1.54) is 0 Å². The van der Waals surface area contributed by atoms with E-state index in [1.54, 1.807) is 0 Å². The molecule has 2 aromatic rings. The zero-order chi connectivity index (χ0) is 16.6. The Bertz CT molecular complexity index is 724. The molecule has 2 fully saturated rings. The molecule has 1 aliphatic carbocycles. The molecular formula is C18H20N2O4. The zero-order valence-electron chi connectivity index (χ0n) is 13.4. The first-order valence-corrected chi connectivity index (χ1v) is 8.27. The number of rotatable bonds is 4. The minimum atomic E-state index is -0.903. The summed E-state index contributed by atoms with van der Waals surface area (Å²) in [7, 11) is 0. The predicted molar refractivity (Wildman–Crippen MR) is 86.3 cm³/mol. The van der Waals surface area contributed by atoms with Gasteiger partial charge in [-0.2, -0.15) is 0 Å². The molecule has 1 saturated heterocycles. The number of nitrogens with zero attached hydrogens (tertiary/aromatic N) is 2. The average molecular weight is 328 g/mol. The number of ether oxygens (including phenoxy) is 1. The van der Waals surface area contributed by atoms with Gasteiger partial charge in [0.25, 0.3) is 0 Å². The highest BCUT2D eigenvalue weighted by Gasteiger charge is 2.48. The Hall–Kier alpha value is -2.18. The molecule has 6 heteroatoms. The fourth-order valence-corrected chi connectivity index (χ4v) is 3.54. The second kappa shape index (κ2) is 6.03. The molecule has 0 amide bonds. The fraction of sp³-hybridized carbons (Fsp3) is 0.444. The number of aromatic nitrogens is 1. The summed E-state index contributed by atoms with van der Waals surface area (Å²) in [6, 6.07) is 11.8. The molecule has 2 aliphatic rings. The van der Waals surface area contributed by atoms with E-state index in [9.17, 15) is 9.90 Å². The van der Waals surface area contributed by atoms with Crippen LogP contribution in [0.1, 0.15) is 25.0 Å². The Kier molecular flexibility index (Phi) is 3.86. The van der Waals surface area contributed by atoms with E-state index in [-0.39, 0.29) is 5.54 Å². The number of carboxylic acids is 1. The van der Waals surface area contributed by atoms with Gasteiger partial charge in [0.15, 0.2) is 11.9 Å². The molecule has 2 heterocycles. The maximum atomic E-state index is 11.3. The van der Waals surface area contributed by atoms with Gasteiger partial charge in [0, 0.05) is 30.3 Å². The lowest BCUT2D eigenvalue weighted by Crippen LogP contribution is -2.63. The van der Waals surface area contributed by atoms with Gasteiger partial charge in [0.1, 0.15) is 0 Å². The molecule has 1 saturated carbocycles. The minimum Gasteiger partial charge on any atom is -0.479 e. The van der Waals surface area contributed by atoms with Crippen LogP contribution in [0.25, 0.3) is 11.3 Å². The van der Waals surface area contributed by atoms with Gasteiger partial charge in [-0.05, 0) is 19.3 Å². The number of carboxylic acid groups (broad SMARTS) is 1. The normalized spacial score (nSPS) is 23.1. The van der Waals surface area contributed by atoms with Crippen molar-refractivity contribution in [3.8, 4) is 11.3 Å². The van der Waals surface area contributed by atoms with Gasteiger partial charge in [-0.3, -0.25) is 4.90 Å². The van der Waals surface area contributed by atoms with Crippen LogP contribution in [-0.2, 0) is 16.1 Å². The van der Waals surface area contributed by atoms with Crippen molar-refractivity contribution >= 4 is 5.97 Å². The Morgan fingerprint density at radius 2 is 2.12 bits per heavy atom. The first-order valence-electron chi connectivity index (χ1n) is 8.27. The molecule has 0 bridgehead atoms. The second-order valence-electron chi connectivity index (χ2n) is 6.64. The fourth-order valence-electron chi connectivity index (χ4n) is 3.54. The van der Waals surface area contributed by atoms with E-state index >= 15 is 0 Å². The number of benzene rings is 1. The molecule has 1 spiro atoms. The van der Waals surface area contributed by atoms with E-state index in [4.69, 9.17) is 9.26 Å². The minimum absolute atomic E-state index is 0.0300. The number of morpholine rings is 1. The molecule has 0 radical (unpaired) electrons. The average Bonchev–Trinajstić information content (AvgIpc) is 3.02. The van der Waals surface area contributed by atoms with Crippen LogP contribution in [0.2, 0.25) is 0 Å². The monoisotopic (exact) mass is 328 g/mol. The van der Waals surface area contributed by atoms with Gasteiger partial charge < -0.3 is 14.4 Å². The van der Waals surface area contributed by atoms with Crippen LogP contribution < -0.4 is 0 Å². The Morgan fingerprint density at radius 1 is 1.33 bits per heavy atom. The van der Waals surface area contributed by atoms with Gasteiger partial charge in [-0.25, -0.2) is 4.79 Å². The molecule has 6 nitrogen and oxygen atoms in total. The zero-order valence-corrected chi connectivity index (χ0v) is 13.4. The van der Waals surface area contributed by atoms with Crippen LogP contribution in [0.15, 0.2) is 40.9 Å². The molecular weight excluding hydrogens is 308 g/mol. The van der Waals surface area contributed by atoms with E-state index in [0.29, 0.717) is 19.7 Å². The molecule has 24 heavy (non-hydrogen) atoms. The van der Waals surface area contributed by atoms with Crippen LogP contribution in [-0.4, -0.2) is 45.9 Å². The number of aliphatic carboxylic acids is 1. The highest BCUT2D eigenvalue weighted by Crippen LogP contribution is 2.41. The van der Waals surface area contributed by atoms with Crippen LogP contribution in [0.5, 0.6) is 0 Å². The summed E-state index contributed by atoms with van der Waals surface area (Å²) in [5.74, 6) is -0.171. The van der Waals surface area contributed by atoms with Gasteiger partial charge >= 0.3 is 5.97 Å². The third kappa shape index (κ3) is 2.72. The number of hydrogen-bond acceptors (Lipinski definition) is 5. The molecule has 1 aromatic heterocycles. The van der Waals surface area contributed by atoms with Crippen LogP contribution in [0.3, 0.4) is 0 Å². The summed E-state index contributed by atoms with van der Waals surface area (Å²) < 4.78 is 11.0. The topological polar surface area (TPSA) is 75.8 Å². The summed E-state index contributed by atoms with van der Waals surface area (Å²) in [6.07, 6.45) is 2.48. The standard InChI is InChI=1S/C18H20N2O4/c21-17(22)16-11-20(18(12-23-16)7-4-8-18)10-14-9-15(24-19-14)13-5-2-1-3-6-13/h1-3,5-6,9,16H,4,7-8,10-12H2,(H,21,22). The molecule has 1 aliphatic heterocycles. The van der Waals surface area contributed by atoms with E-state index < -0.39 is 12.1 Å². The van der Waals surface area contributed by atoms with Gasteiger partial charge in [0.2, 0.25) is 0 Å². The summed E-state index contributed by atoms with van der Waals surface area (Å²) in [5, 5.41) is 13.4. The van der Waals surface area contributed by atoms with Crippen LogP contribution >= 0.6 is 0 Å². The molecule has 4 rings (SSSR count). The van der Waals surface area contributed by atoms with E-state index in [0.717, 1.165) is 36.3 Å². The van der Waals surface area contributed by atoms with Crippen molar-refractivity contribution in [3.05, 3.63) is 42.1 Å². The quantitative estimate of drug-likeness (QED) is 0.929. The van der Waals surface area contributed by atoms with Crippen molar-refractivity contribution < 1.29 is 19.2 Å². The first kappa shape index (κ1) is 15.4. The molecule has 1 N–H and O–H groups in total. The number of carbonyl (C=O) groups is 1. The summed E-state index contributed by atoms with van der Waals surface area (Å²) in [5.41, 5.74) is 1.78. The second-order valence-corrected chi connectivity index (χ2v) is 6.64. The Balaban J connectivity index is 1.52. The first-order chi connectivity index (χ1) is 11.7. The Morgan fingerprint density at radius 3 is 2.79 bits per heavy atom. The molecule has 1 aromatic carbocycles. The van der Waals surface area contributed by atoms with Crippen LogP contribution in [0, 0.1) is 0 Å². The van der Waals surface area contributed by atoms with Crippen LogP contribution in [0.4, 0.5) is 0 Å². The lowest BCUT2D eigenvalue weighted by atomic mass is 9.74. The molecule has 126 valence electrons. The Labute approximate surface area is 140 Å². The summed E-state index contributed by atoms with van der Waals surface area (Å²) in [4.78, 5) is 13.5. The van der Waals surface area contributed by atoms with Crippen molar-refractivity contribution in [3.63, 3.8) is 0 Å². The van der Waals surface area contributed by atoms with Crippen molar-refractivity contribution in [2.45, 2.75) is 37.5 Å². The largest absolute Gasteiger partial charge is 0.479 e. The summed E-state index contributed by atoms with van der Waals surface area (Å²) >= 11 is 0. The van der Waals surface area contributed by atoms with Gasteiger partial charge in [-0.1, -0.05) is 35.5 Å². The van der Waals surface area contributed by atoms with Crippen molar-refractivity contribution in [1.29, 1.82) is 0 Å².